The van der Waals surface area contributed by atoms with Crippen molar-refractivity contribution in [2.24, 2.45) is 0 Å². The quantitative estimate of drug-likeness (QED) is 0.322. The Balaban J connectivity index is 1.35. The molecule has 158 valence electrons. The Morgan fingerprint density at radius 3 is 2.58 bits per heavy atom. The molecule has 2 heterocycles. The highest BCUT2D eigenvalue weighted by atomic mass is 79.9. The third-order valence-electron chi connectivity index (χ3n) is 4.54. The number of thiocarbonyl (C=S) groups is 1. The zero-order valence-electron chi connectivity index (χ0n) is 16.7. The first-order chi connectivity index (χ1) is 14.9. The minimum Gasteiger partial charge on any atom is -0.330 e. The minimum absolute atomic E-state index is 0.434. The van der Waals surface area contributed by atoms with E-state index >= 15 is 0 Å². The van der Waals surface area contributed by atoms with E-state index in [1.54, 1.807) is 6.20 Å². The highest BCUT2D eigenvalue weighted by Gasteiger charge is 2.10. The van der Waals surface area contributed by atoms with E-state index in [2.05, 4.69) is 68.0 Å². The highest BCUT2D eigenvalue weighted by Crippen LogP contribution is 2.21. The summed E-state index contributed by atoms with van der Waals surface area (Å²) in [5, 5.41) is 16.4. The molecule has 6 nitrogen and oxygen atoms in total. The van der Waals surface area contributed by atoms with Crippen LogP contribution in [0.15, 0.2) is 71.6 Å². The van der Waals surface area contributed by atoms with Gasteiger partial charge in [-0.1, -0.05) is 53.6 Å². The summed E-state index contributed by atoms with van der Waals surface area (Å²) >= 11 is 15.0. The predicted octanol–water partition coefficient (Wildman–Crippen LogP) is 5.71. The lowest BCUT2D eigenvalue weighted by Gasteiger charge is -2.07. The molecular formula is C22H20BrClN6S. The van der Waals surface area contributed by atoms with E-state index in [-0.39, 0.29) is 0 Å². The van der Waals surface area contributed by atoms with Gasteiger partial charge in [0, 0.05) is 17.4 Å². The summed E-state index contributed by atoms with van der Waals surface area (Å²) in [6.45, 7) is 3.37. The van der Waals surface area contributed by atoms with Gasteiger partial charge in [0.25, 0.3) is 0 Å². The normalized spacial score (nSPS) is 10.8. The zero-order chi connectivity index (χ0) is 21.8. The average molecular weight is 516 g/mol. The lowest BCUT2D eigenvalue weighted by atomic mass is 10.1. The maximum Gasteiger partial charge on any atom is 0.176 e. The number of benzene rings is 2. The van der Waals surface area contributed by atoms with E-state index in [0.29, 0.717) is 29.0 Å². The molecule has 4 aromatic rings. The molecule has 0 spiro atoms. The maximum absolute atomic E-state index is 6.05. The second-order valence-electron chi connectivity index (χ2n) is 7.14. The molecule has 2 N–H and O–H groups in total. The largest absolute Gasteiger partial charge is 0.330 e. The molecular weight excluding hydrogens is 496 g/mol. The Labute approximate surface area is 199 Å². The predicted molar refractivity (Wildman–Crippen MR) is 133 cm³/mol. The summed E-state index contributed by atoms with van der Waals surface area (Å²) in [5.41, 5.74) is 4.28. The van der Waals surface area contributed by atoms with Gasteiger partial charge in [0.05, 0.1) is 29.4 Å². The van der Waals surface area contributed by atoms with Crippen LogP contribution in [0.1, 0.15) is 16.7 Å². The first kappa shape index (κ1) is 21.5. The van der Waals surface area contributed by atoms with E-state index in [9.17, 15) is 0 Å². The summed E-state index contributed by atoms with van der Waals surface area (Å²) in [4.78, 5) is 0. The van der Waals surface area contributed by atoms with Crippen molar-refractivity contribution in [1.82, 2.24) is 19.6 Å². The van der Waals surface area contributed by atoms with Gasteiger partial charge in [-0.3, -0.25) is 9.36 Å². The van der Waals surface area contributed by atoms with Crippen molar-refractivity contribution in [1.29, 1.82) is 0 Å². The first-order valence-electron chi connectivity index (χ1n) is 9.58. The molecule has 0 saturated carbocycles. The van der Waals surface area contributed by atoms with Gasteiger partial charge < -0.3 is 10.6 Å². The van der Waals surface area contributed by atoms with E-state index < -0.39 is 0 Å². The number of rotatable bonds is 6. The van der Waals surface area contributed by atoms with Crippen molar-refractivity contribution in [2.75, 3.05) is 10.6 Å². The SMILES string of the molecule is Cc1ccc(Cn2cc(Br)c(NC(=S)Nc3cnn(Cc4cccc(Cl)c4)c3)n2)cc1. The van der Waals surface area contributed by atoms with Crippen LogP contribution in [-0.4, -0.2) is 24.7 Å². The molecule has 9 heteroatoms. The van der Waals surface area contributed by atoms with Gasteiger partial charge in [0.15, 0.2) is 10.9 Å². The molecule has 2 aromatic heterocycles. The third-order valence-corrected chi connectivity index (χ3v) is 5.56. The van der Waals surface area contributed by atoms with Gasteiger partial charge in [-0.15, -0.1) is 0 Å². The second kappa shape index (κ2) is 9.64. The van der Waals surface area contributed by atoms with Crippen LogP contribution in [0, 0.1) is 6.92 Å². The number of aromatic nitrogens is 4. The van der Waals surface area contributed by atoms with E-state index in [1.807, 2.05) is 46.0 Å². The van der Waals surface area contributed by atoms with Crippen LogP contribution in [0.2, 0.25) is 5.02 Å². The smallest absolute Gasteiger partial charge is 0.176 e. The van der Waals surface area contributed by atoms with Crippen molar-refractivity contribution in [3.8, 4) is 0 Å². The molecule has 0 aliphatic heterocycles. The van der Waals surface area contributed by atoms with Crippen LogP contribution in [0.5, 0.6) is 0 Å². The molecule has 0 aliphatic rings. The lowest BCUT2D eigenvalue weighted by Crippen LogP contribution is -2.19. The summed E-state index contributed by atoms with van der Waals surface area (Å²) in [7, 11) is 0. The van der Waals surface area contributed by atoms with Gasteiger partial charge in [-0.2, -0.15) is 10.2 Å². The van der Waals surface area contributed by atoms with E-state index in [1.165, 1.54) is 11.1 Å². The van der Waals surface area contributed by atoms with Gasteiger partial charge in [0.2, 0.25) is 0 Å². The Morgan fingerprint density at radius 2 is 1.81 bits per heavy atom. The van der Waals surface area contributed by atoms with Crippen LogP contribution in [0.4, 0.5) is 11.5 Å². The third kappa shape index (κ3) is 5.94. The molecule has 0 aliphatic carbocycles. The number of halogens is 2. The molecule has 4 rings (SSSR count). The Hall–Kier alpha value is -2.68. The van der Waals surface area contributed by atoms with Crippen LogP contribution in [-0.2, 0) is 13.1 Å². The number of hydrogen-bond acceptors (Lipinski definition) is 3. The van der Waals surface area contributed by atoms with E-state index in [4.69, 9.17) is 23.8 Å². The van der Waals surface area contributed by atoms with Crippen molar-refractivity contribution in [2.45, 2.75) is 20.0 Å². The fourth-order valence-electron chi connectivity index (χ4n) is 3.05. The molecule has 2 aromatic carbocycles. The standard InChI is InChI=1S/C22H20BrClN6S/c1-15-5-7-16(8-6-15)11-30-14-20(23)21(28-30)27-22(31)26-19-10-25-29(13-19)12-17-3-2-4-18(24)9-17/h2-10,13-14H,11-12H2,1H3,(H2,26,27,28,31). The van der Waals surface area contributed by atoms with Crippen LogP contribution in [0.3, 0.4) is 0 Å². The summed E-state index contributed by atoms with van der Waals surface area (Å²) in [5.74, 6) is 0.649. The maximum atomic E-state index is 6.05. The molecule has 0 radical (unpaired) electrons. The molecule has 0 unspecified atom stereocenters. The Morgan fingerprint density at radius 1 is 1.03 bits per heavy atom. The first-order valence-corrected chi connectivity index (χ1v) is 11.2. The molecule has 0 saturated heterocycles. The molecule has 31 heavy (non-hydrogen) atoms. The lowest BCUT2D eigenvalue weighted by molar-refractivity contribution is 0.687. The van der Waals surface area contributed by atoms with E-state index in [0.717, 1.165) is 15.7 Å². The molecule has 0 fully saturated rings. The zero-order valence-corrected chi connectivity index (χ0v) is 19.9. The van der Waals surface area contributed by atoms with Gasteiger partial charge in [0.1, 0.15) is 0 Å². The van der Waals surface area contributed by atoms with Crippen molar-refractivity contribution >= 4 is 56.4 Å². The summed E-state index contributed by atoms with van der Waals surface area (Å²) in [6, 6.07) is 16.1. The number of aryl methyl sites for hydroxylation is 1. The fourth-order valence-corrected chi connectivity index (χ4v) is 3.89. The fraction of sp³-hybridized carbons (Fsp3) is 0.136. The van der Waals surface area contributed by atoms with Crippen molar-refractivity contribution < 1.29 is 0 Å². The Bertz CT molecular complexity index is 1200. The topological polar surface area (TPSA) is 59.7 Å². The number of nitrogens with zero attached hydrogens (tertiary/aromatic N) is 4. The number of anilines is 2. The van der Waals surface area contributed by atoms with Crippen LogP contribution >= 0.6 is 39.7 Å². The van der Waals surface area contributed by atoms with Crippen molar-refractivity contribution in [3.05, 3.63) is 93.3 Å². The van der Waals surface area contributed by atoms with Gasteiger partial charge >= 0.3 is 0 Å². The minimum atomic E-state index is 0.434. The average Bonchev–Trinajstić information content (AvgIpc) is 3.29. The highest BCUT2D eigenvalue weighted by molar-refractivity contribution is 9.10. The molecule has 0 atom stereocenters. The summed E-state index contributed by atoms with van der Waals surface area (Å²) < 4.78 is 4.52. The number of nitrogens with one attached hydrogen (secondary N) is 2. The number of hydrogen-bond donors (Lipinski definition) is 2. The van der Waals surface area contributed by atoms with Crippen molar-refractivity contribution in [3.63, 3.8) is 0 Å². The monoisotopic (exact) mass is 514 g/mol. The summed E-state index contributed by atoms with van der Waals surface area (Å²) in [6.07, 6.45) is 5.54. The Kier molecular flexibility index (Phi) is 6.70. The van der Waals surface area contributed by atoms with Crippen LogP contribution < -0.4 is 10.6 Å². The second-order valence-corrected chi connectivity index (χ2v) is 8.84. The van der Waals surface area contributed by atoms with Crippen LogP contribution in [0.25, 0.3) is 0 Å². The van der Waals surface area contributed by atoms with Gasteiger partial charge in [-0.05, 0) is 58.3 Å². The molecule has 0 bridgehead atoms. The molecule has 0 amide bonds. The van der Waals surface area contributed by atoms with Gasteiger partial charge in [-0.25, -0.2) is 0 Å².